The molecule has 1 aromatic carbocycles. The molecule has 78 valence electrons. The molecular weight excluding hydrogens is 196 g/mol. The molecule has 0 spiro atoms. The highest BCUT2D eigenvalue weighted by atomic mass is 16.6. The third-order valence-electron chi connectivity index (χ3n) is 2.31. The first-order valence-electron chi connectivity index (χ1n) is 4.56. The second-order valence-electron chi connectivity index (χ2n) is 3.23. The third kappa shape index (κ3) is 1.69. The van der Waals surface area contributed by atoms with Crippen molar-refractivity contribution in [2.45, 2.75) is 6.54 Å². The fraction of sp³-hybridized carbons (Fsp3) is 0.200. The van der Waals surface area contributed by atoms with Crippen molar-refractivity contribution in [1.82, 2.24) is 4.57 Å². The van der Waals surface area contributed by atoms with Crippen LogP contribution in [0.5, 0.6) is 0 Å². The van der Waals surface area contributed by atoms with Crippen molar-refractivity contribution >= 4 is 16.6 Å². The van der Waals surface area contributed by atoms with Gasteiger partial charge in [0.15, 0.2) is 0 Å². The van der Waals surface area contributed by atoms with Crippen LogP contribution < -0.4 is 0 Å². The highest BCUT2D eigenvalue weighted by Gasteiger charge is 2.08. The molecule has 15 heavy (non-hydrogen) atoms. The Morgan fingerprint density at radius 2 is 2.20 bits per heavy atom. The lowest BCUT2D eigenvalue weighted by atomic mass is 10.2. The normalized spacial score (nSPS) is 10.7. The van der Waals surface area contributed by atoms with Crippen LogP contribution in [0.3, 0.4) is 0 Å². The Labute approximate surface area is 85.7 Å². The molecule has 2 rings (SSSR count). The maximum absolute atomic E-state index is 10.6. The van der Waals surface area contributed by atoms with Gasteiger partial charge < -0.3 is 9.67 Å². The lowest BCUT2D eigenvalue weighted by molar-refractivity contribution is -0.384. The number of nitro benzene ring substituents is 1. The summed E-state index contributed by atoms with van der Waals surface area (Å²) >= 11 is 0. The average Bonchev–Trinajstić information content (AvgIpc) is 2.61. The van der Waals surface area contributed by atoms with E-state index in [4.69, 9.17) is 5.11 Å². The minimum Gasteiger partial charge on any atom is -0.395 e. The Balaban J connectivity index is 2.56. The van der Waals surface area contributed by atoms with Gasteiger partial charge in [-0.15, -0.1) is 0 Å². The summed E-state index contributed by atoms with van der Waals surface area (Å²) in [6, 6.07) is 6.58. The van der Waals surface area contributed by atoms with Crippen LogP contribution in [0, 0.1) is 10.1 Å². The van der Waals surface area contributed by atoms with E-state index in [2.05, 4.69) is 0 Å². The van der Waals surface area contributed by atoms with Gasteiger partial charge in [-0.25, -0.2) is 0 Å². The molecule has 0 aliphatic rings. The summed E-state index contributed by atoms with van der Waals surface area (Å²) in [5, 5.41) is 20.3. The van der Waals surface area contributed by atoms with E-state index >= 15 is 0 Å². The Bertz CT molecular complexity index is 504. The van der Waals surface area contributed by atoms with Gasteiger partial charge in [-0.05, 0) is 12.1 Å². The molecule has 1 N–H and O–H groups in total. The van der Waals surface area contributed by atoms with E-state index in [0.717, 1.165) is 10.9 Å². The molecule has 0 saturated carbocycles. The van der Waals surface area contributed by atoms with Crippen LogP contribution in [0.4, 0.5) is 5.69 Å². The van der Waals surface area contributed by atoms with E-state index in [9.17, 15) is 10.1 Å². The summed E-state index contributed by atoms with van der Waals surface area (Å²) < 4.78 is 1.79. The number of aliphatic hydroxyl groups excluding tert-OH is 1. The molecule has 0 fully saturated rings. The van der Waals surface area contributed by atoms with Gasteiger partial charge >= 0.3 is 0 Å². The zero-order valence-corrected chi connectivity index (χ0v) is 7.96. The number of fused-ring (bicyclic) bond motifs is 1. The molecule has 0 atom stereocenters. The molecule has 0 radical (unpaired) electrons. The molecule has 1 heterocycles. The van der Waals surface area contributed by atoms with Crippen LogP contribution in [-0.2, 0) is 6.54 Å². The second-order valence-corrected chi connectivity index (χ2v) is 3.23. The third-order valence-corrected chi connectivity index (χ3v) is 2.31. The van der Waals surface area contributed by atoms with Crippen molar-refractivity contribution in [1.29, 1.82) is 0 Å². The van der Waals surface area contributed by atoms with Crippen molar-refractivity contribution in [2.24, 2.45) is 0 Å². The Morgan fingerprint density at radius 1 is 1.40 bits per heavy atom. The van der Waals surface area contributed by atoms with Crippen LogP contribution in [0.2, 0.25) is 0 Å². The van der Waals surface area contributed by atoms with E-state index < -0.39 is 4.92 Å². The summed E-state index contributed by atoms with van der Waals surface area (Å²) in [5.74, 6) is 0. The molecule has 0 aliphatic carbocycles. The Morgan fingerprint density at radius 3 is 2.87 bits per heavy atom. The molecular formula is C10H10N2O3. The topological polar surface area (TPSA) is 68.3 Å². The molecule has 2 aromatic rings. The molecule has 1 aromatic heterocycles. The summed E-state index contributed by atoms with van der Waals surface area (Å²) in [7, 11) is 0. The first kappa shape index (κ1) is 9.67. The lowest BCUT2D eigenvalue weighted by Crippen LogP contribution is -2.00. The van der Waals surface area contributed by atoms with Crippen LogP contribution in [0.25, 0.3) is 10.9 Å². The van der Waals surface area contributed by atoms with Gasteiger partial charge in [0.05, 0.1) is 17.0 Å². The van der Waals surface area contributed by atoms with Gasteiger partial charge in [0.1, 0.15) is 0 Å². The SMILES string of the molecule is O=[N+]([O-])c1ccc2ccn(CCO)c2c1. The maximum Gasteiger partial charge on any atom is 0.271 e. The highest BCUT2D eigenvalue weighted by Crippen LogP contribution is 2.21. The number of rotatable bonds is 3. The van der Waals surface area contributed by atoms with Crippen molar-refractivity contribution in [3.8, 4) is 0 Å². The van der Waals surface area contributed by atoms with Crippen LogP contribution >= 0.6 is 0 Å². The van der Waals surface area contributed by atoms with E-state index in [0.29, 0.717) is 6.54 Å². The zero-order chi connectivity index (χ0) is 10.8. The highest BCUT2D eigenvalue weighted by molar-refractivity contribution is 5.82. The maximum atomic E-state index is 10.6. The summed E-state index contributed by atoms with van der Waals surface area (Å²) in [4.78, 5) is 10.2. The predicted molar refractivity (Wildman–Crippen MR) is 55.7 cm³/mol. The van der Waals surface area contributed by atoms with E-state index in [-0.39, 0.29) is 12.3 Å². The molecule has 0 amide bonds. The number of non-ortho nitro benzene ring substituents is 1. The first-order valence-corrected chi connectivity index (χ1v) is 4.56. The van der Waals surface area contributed by atoms with Crippen molar-refractivity contribution < 1.29 is 10.0 Å². The fourth-order valence-electron chi connectivity index (χ4n) is 1.59. The van der Waals surface area contributed by atoms with Crippen molar-refractivity contribution in [2.75, 3.05) is 6.61 Å². The van der Waals surface area contributed by atoms with Crippen molar-refractivity contribution in [3.63, 3.8) is 0 Å². The quantitative estimate of drug-likeness (QED) is 0.611. The molecule has 5 heteroatoms. The summed E-state index contributed by atoms with van der Waals surface area (Å²) in [6.45, 7) is 0.469. The van der Waals surface area contributed by atoms with Crippen LogP contribution in [0.1, 0.15) is 0 Å². The van der Waals surface area contributed by atoms with Gasteiger partial charge in [0.2, 0.25) is 0 Å². The van der Waals surface area contributed by atoms with Gasteiger partial charge in [-0.2, -0.15) is 0 Å². The minimum atomic E-state index is -0.421. The van der Waals surface area contributed by atoms with Gasteiger partial charge in [-0.3, -0.25) is 10.1 Å². The number of aliphatic hydroxyl groups is 1. The van der Waals surface area contributed by atoms with Gasteiger partial charge in [0.25, 0.3) is 5.69 Å². The first-order chi connectivity index (χ1) is 7.22. The summed E-state index contributed by atoms with van der Waals surface area (Å²) in [6.07, 6.45) is 1.81. The molecule has 0 aliphatic heterocycles. The molecule has 0 saturated heterocycles. The monoisotopic (exact) mass is 206 g/mol. The van der Waals surface area contributed by atoms with Crippen LogP contribution in [0.15, 0.2) is 30.5 Å². The van der Waals surface area contributed by atoms with Crippen molar-refractivity contribution in [3.05, 3.63) is 40.6 Å². The lowest BCUT2D eigenvalue weighted by Gasteiger charge is -2.01. The van der Waals surface area contributed by atoms with E-state index in [1.54, 1.807) is 10.6 Å². The number of hydrogen-bond acceptors (Lipinski definition) is 3. The molecule has 0 unspecified atom stereocenters. The number of nitro groups is 1. The standard InChI is InChI=1S/C10H10N2O3/c13-6-5-11-4-3-8-1-2-9(12(14)15)7-10(8)11/h1-4,7,13H,5-6H2. The molecule has 0 bridgehead atoms. The smallest absolute Gasteiger partial charge is 0.271 e. The largest absolute Gasteiger partial charge is 0.395 e. The molecule has 5 nitrogen and oxygen atoms in total. The Kier molecular flexibility index (Phi) is 2.39. The number of benzene rings is 1. The second kappa shape index (κ2) is 3.70. The number of nitrogens with zero attached hydrogens (tertiary/aromatic N) is 2. The van der Waals surface area contributed by atoms with Crippen LogP contribution in [-0.4, -0.2) is 21.2 Å². The Hall–Kier alpha value is -1.88. The predicted octanol–water partition coefficient (Wildman–Crippen LogP) is 1.54. The number of hydrogen-bond donors (Lipinski definition) is 1. The fourth-order valence-corrected chi connectivity index (χ4v) is 1.59. The average molecular weight is 206 g/mol. The summed E-state index contributed by atoms with van der Waals surface area (Å²) in [5.41, 5.74) is 0.846. The van der Waals surface area contributed by atoms with Gasteiger partial charge in [-0.1, -0.05) is 0 Å². The zero-order valence-electron chi connectivity index (χ0n) is 7.96. The van der Waals surface area contributed by atoms with E-state index in [1.165, 1.54) is 12.1 Å². The minimum absolute atomic E-state index is 0.0203. The number of aromatic nitrogens is 1. The van der Waals surface area contributed by atoms with E-state index in [1.807, 2.05) is 12.3 Å². The van der Waals surface area contributed by atoms with Gasteiger partial charge in [0, 0.05) is 30.3 Å².